The maximum atomic E-state index is 13.0. The molecule has 2 heterocycles. The number of furan rings is 1. The highest BCUT2D eigenvalue weighted by atomic mass is 16.3. The molecule has 106 valence electrons. The van der Waals surface area contributed by atoms with E-state index in [-0.39, 0.29) is 5.91 Å². The van der Waals surface area contributed by atoms with Crippen molar-refractivity contribution in [2.75, 3.05) is 0 Å². The molecule has 0 radical (unpaired) electrons. The molecule has 3 heteroatoms. The molecule has 20 heavy (non-hydrogen) atoms. The Hall–Kier alpha value is -1.77. The van der Waals surface area contributed by atoms with Crippen LogP contribution in [0, 0.1) is 6.92 Å². The summed E-state index contributed by atoms with van der Waals surface area (Å²) in [5.74, 6) is 0.841. The van der Waals surface area contributed by atoms with Crippen molar-refractivity contribution in [2.24, 2.45) is 0 Å². The largest absolute Gasteiger partial charge is 0.461 e. The summed E-state index contributed by atoms with van der Waals surface area (Å²) in [6, 6.07) is 8.39. The average Bonchev–Trinajstić information content (AvgIpc) is 2.74. The third-order valence-corrected chi connectivity index (χ3v) is 4.41. The first kappa shape index (κ1) is 13.2. The van der Waals surface area contributed by atoms with Gasteiger partial charge >= 0.3 is 0 Å². The fraction of sp³-hybridized carbons (Fsp3) is 0.471. The highest BCUT2D eigenvalue weighted by Gasteiger charge is 2.32. The summed E-state index contributed by atoms with van der Waals surface area (Å²) in [4.78, 5) is 15.0. The molecule has 1 amide bonds. The van der Waals surface area contributed by atoms with E-state index < -0.39 is 0 Å². The lowest BCUT2D eigenvalue weighted by Gasteiger charge is -2.39. The Morgan fingerprint density at radius 2 is 1.85 bits per heavy atom. The minimum absolute atomic E-state index is 0.118. The van der Waals surface area contributed by atoms with Crippen molar-refractivity contribution in [2.45, 2.75) is 52.1 Å². The van der Waals surface area contributed by atoms with E-state index in [0.717, 1.165) is 35.1 Å². The number of carbonyl (C=O) groups is 1. The molecule has 3 nitrogen and oxygen atoms in total. The Morgan fingerprint density at radius 3 is 2.55 bits per heavy atom. The van der Waals surface area contributed by atoms with Gasteiger partial charge in [0.05, 0.1) is 5.56 Å². The topological polar surface area (TPSA) is 33.5 Å². The molecule has 1 saturated heterocycles. The van der Waals surface area contributed by atoms with Crippen LogP contribution in [0.4, 0.5) is 0 Å². The van der Waals surface area contributed by atoms with Gasteiger partial charge in [0.1, 0.15) is 11.3 Å². The zero-order chi connectivity index (χ0) is 14.3. The Kier molecular flexibility index (Phi) is 3.28. The molecule has 0 aliphatic carbocycles. The second kappa shape index (κ2) is 4.97. The van der Waals surface area contributed by atoms with E-state index in [4.69, 9.17) is 4.42 Å². The van der Waals surface area contributed by atoms with E-state index in [9.17, 15) is 4.79 Å². The summed E-state index contributed by atoms with van der Waals surface area (Å²) in [7, 11) is 0. The lowest BCUT2D eigenvalue weighted by molar-refractivity contribution is 0.0511. The minimum atomic E-state index is 0.118. The standard InChI is InChI=1S/C17H21NO2/c1-11-7-6-8-12(2)18(11)17(19)16-13(3)20-15-10-5-4-9-14(15)16/h4-5,9-12H,6-8H2,1-3H3. The van der Waals surface area contributed by atoms with E-state index >= 15 is 0 Å². The molecule has 3 rings (SSSR count). The van der Waals surface area contributed by atoms with Crippen LogP contribution in [0.2, 0.25) is 0 Å². The summed E-state index contributed by atoms with van der Waals surface area (Å²) >= 11 is 0. The summed E-state index contributed by atoms with van der Waals surface area (Å²) in [6.45, 7) is 6.17. The zero-order valence-electron chi connectivity index (χ0n) is 12.3. The number of hydrogen-bond donors (Lipinski definition) is 0. The quantitative estimate of drug-likeness (QED) is 0.781. The van der Waals surface area contributed by atoms with Gasteiger partial charge in [-0.25, -0.2) is 0 Å². The summed E-state index contributed by atoms with van der Waals surface area (Å²) < 4.78 is 5.73. The predicted octanol–water partition coefficient (Wildman–Crippen LogP) is 4.14. The van der Waals surface area contributed by atoms with Gasteiger partial charge in [0.2, 0.25) is 0 Å². The van der Waals surface area contributed by atoms with Crippen molar-refractivity contribution < 1.29 is 9.21 Å². The smallest absolute Gasteiger partial charge is 0.258 e. The number of carbonyl (C=O) groups excluding carboxylic acids is 1. The molecular formula is C17H21NO2. The van der Waals surface area contributed by atoms with Gasteiger partial charge < -0.3 is 9.32 Å². The molecule has 2 atom stereocenters. The fourth-order valence-electron chi connectivity index (χ4n) is 3.38. The van der Waals surface area contributed by atoms with Crippen molar-refractivity contribution in [3.05, 3.63) is 35.6 Å². The van der Waals surface area contributed by atoms with Crippen molar-refractivity contribution in [1.82, 2.24) is 4.90 Å². The monoisotopic (exact) mass is 271 g/mol. The highest BCUT2D eigenvalue weighted by molar-refractivity contribution is 6.07. The molecule has 2 unspecified atom stereocenters. The van der Waals surface area contributed by atoms with Gasteiger partial charge in [-0.2, -0.15) is 0 Å². The van der Waals surface area contributed by atoms with Crippen molar-refractivity contribution in [3.8, 4) is 0 Å². The van der Waals surface area contributed by atoms with Crippen molar-refractivity contribution in [3.63, 3.8) is 0 Å². The number of amides is 1. The van der Waals surface area contributed by atoms with E-state index in [2.05, 4.69) is 13.8 Å². The van der Waals surface area contributed by atoms with Crippen molar-refractivity contribution >= 4 is 16.9 Å². The molecule has 1 fully saturated rings. The molecule has 0 spiro atoms. The van der Waals surface area contributed by atoms with Gasteiger partial charge in [0.15, 0.2) is 0 Å². The number of aryl methyl sites for hydroxylation is 1. The molecule has 1 aliphatic rings. The molecule has 1 aliphatic heterocycles. The maximum absolute atomic E-state index is 13.0. The van der Waals surface area contributed by atoms with Gasteiger partial charge in [-0.1, -0.05) is 18.2 Å². The Morgan fingerprint density at radius 1 is 1.20 bits per heavy atom. The lowest BCUT2D eigenvalue weighted by atomic mass is 9.96. The van der Waals surface area contributed by atoms with Gasteiger partial charge in [-0.05, 0) is 46.1 Å². The second-order valence-electron chi connectivity index (χ2n) is 5.87. The lowest BCUT2D eigenvalue weighted by Crippen LogP contribution is -2.47. The van der Waals surface area contributed by atoms with Gasteiger partial charge in [-0.15, -0.1) is 0 Å². The summed E-state index contributed by atoms with van der Waals surface area (Å²) in [6.07, 6.45) is 3.38. The normalized spacial score (nSPS) is 23.2. The third-order valence-electron chi connectivity index (χ3n) is 4.41. The van der Waals surface area contributed by atoms with Gasteiger partial charge in [-0.3, -0.25) is 4.79 Å². The number of likely N-dealkylation sites (tertiary alicyclic amines) is 1. The van der Waals surface area contributed by atoms with Crippen molar-refractivity contribution in [1.29, 1.82) is 0 Å². The number of para-hydroxylation sites is 1. The van der Waals surface area contributed by atoms with Gasteiger partial charge in [0, 0.05) is 17.5 Å². The number of rotatable bonds is 1. The Balaban J connectivity index is 2.06. The van der Waals surface area contributed by atoms with E-state index in [1.54, 1.807) is 0 Å². The molecule has 0 bridgehead atoms. The first-order valence-electron chi connectivity index (χ1n) is 7.40. The van der Waals surface area contributed by atoms with Crippen LogP contribution in [0.25, 0.3) is 11.0 Å². The van der Waals surface area contributed by atoms with Crippen LogP contribution < -0.4 is 0 Å². The SMILES string of the molecule is Cc1oc2ccccc2c1C(=O)N1C(C)CCCC1C. The molecule has 2 aromatic rings. The highest BCUT2D eigenvalue weighted by Crippen LogP contribution is 2.30. The number of hydrogen-bond acceptors (Lipinski definition) is 2. The number of nitrogens with zero attached hydrogens (tertiary/aromatic N) is 1. The predicted molar refractivity (Wildman–Crippen MR) is 79.9 cm³/mol. The van der Waals surface area contributed by atoms with E-state index in [1.807, 2.05) is 36.1 Å². The van der Waals surface area contributed by atoms with Crippen LogP contribution in [0.3, 0.4) is 0 Å². The van der Waals surface area contributed by atoms with Crippen LogP contribution in [-0.2, 0) is 0 Å². The molecule has 0 N–H and O–H groups in total. The van der Waals surface area contributed by atoms with Crippen LogP contribution >= 0.6 is 0 Å². The fourth-order valence-corrected chi connectivity index (χ4v) is 3.38. The number of piperidine rings is 1. The minimum Gasteiger partial charge on any atom is -0.461 e. The van der Waals surface area contributed by atoms with Crippen LogP contribution in [0.15, 0.2) is 28.7 Å². The zero-order valence-corrected chi connectivity index (χ0v) is 12.3. The molecule has 0 saturated carbocycles. The van der Waals surface area contributed by atoms with Crippen LogP contribution in [0.1, 0.15) is 49.2 Å². The first-order valence-corrected chi connectivity index (χ1v) is 7.40. The summed E-state index contributed by atoms with van der Waals surface area (Å²) in [5.41, 5.74) is 1.53. The maximum Gasteiger partial charge on any atom is 0.258 e. The van der Waals surface area contributed by atoms with E-state index in [1.165, 1.54) is 6.42 Å². The first-order chi connectivity index (χ1) is 9.59. The van der Waals surface area contributed by atoms with Gasteiger partial charge in [0.25, 0.3) is 5.91 Å². The summed E-state index contributed by atoms with van der Waals surface area (Å²) in [5, 5.41) is 0.931. The van der Waals surface area contributed by atoms with Crippen LogP contribution in [-0.4, -0.2) is 22.9 Å². The second-order valence-corrected chi connectivity index (χ2v) is 5.87. The molecular weight excluding hydrogens is 250 g/mol. The average molecular weight is 271 g/mol. The molecule has 1 aromatic carbocycles. The van der Waals surface area contributed by atoms with Crippen LogP contribution in [0.5, 0.6) is 0 Å². The van der Waals surface area contributed by atoms with E-state index in [0.29, 0.717) is 12.1 Å². The Bertz CT molecular complexity index is 633. The molecule has 1 aromatic heterocycles. The number of fused-ring (bicyclic) bond motifs is 1. The number of benzene rings is 1. The third kappa shape index (κ3) is 2.01. The Labute approximate surface area is 119 Å².